The first-order chi connectivity index (χ1) is 62.8. The van der Waals surface area contributed by atoms with Crippen molar-refractivity contribution in [2.24, 2.45) is 0 Å². The Morgan fingerprint density at radius 3 is 0.602 bits per heavy atom. The molecule has 0 atom stereocenters. The van der Waals surface area contributed by atoms with Crippen LogP contribution in [0.5, 0.6) is 0 Å². The summed E-state index contributed by atoms with van der Waals surface area (Å²) in [5.74, 6) is 2.31. The fourth-order valence-corrected chi connectivity index (χ4v) is 16.9. The van der Waals surface area contributed by atoms with E-state index in [4.69, 9.17) is 29.9 Å². The minimum Gasteiger partial charge on any atom is -0.309 e. The fourth-order valence-electron chi connectivity index (χ4n) is 16.9. The molecule has 4 aromatic heterocycles. The first kappa shape index (κ1) is 77.7. The molecule has 0 unspecified atom stereocenters. The van der Waals surface area contributed by atoms with E-state index in [9.17, 15) is 63.1 Å². The molecule has 20 nitrogen and oxygen atoms in total. The Bertz CT molecular complexity index is 7540. The lowest BCUT2D eigenvalue weighted by Gasteiger charge is -2.19. The van der Waals surface area contributed by atoms with Crippen LogP contribution in [0.4, 0.5) is 0 Å². The predicted molar refractivity (Wildman–Crippen MR) is 484 cm³/mol. The molecule has 0 saturated carbocycles. The Labute approximate surface area is 730 Å². The Morgan fingerprint density at radius 1 is 0.172 bits per heavy atom. The summed E-state index contributed by atoms with van der Waals surface area (Å²) in [5.41, 5.74) is 14.8. The van der Waals surface area contributed by atoms with Crippen molar-refractivity contribution in [3.8, 4) is 219 Å². The summed E-state index contributed by atoms with van der Waals surface area (Å²) in [6, 6.07) is 119. The third-order valence-corrected chi connectivity index (χ3v) is 22.6. The van der Waals surface area contributed by atoms with Gasteiger partial charge in [0.25, 0.3) is 0 Å². The monoisotopic (exact) mass is 1630 g/mol. The van der Waals surface area contributed by atoms with Crippen LogP contribution in [0.25, 0.3) is 190 Å². The molecule has 0 spiro atoms. The standard InChI is InChI=1S/C108H50N20/c109-51-63-36-79(55-113)99(80(37-63)56-114)73-24-30-95-89(45-73)90-46-74(100-81(57-115)38-64(52-110)39-82(100)58-116)25-31-96(90)127(95)93-34-28-77(107-123-103(67-14-5-1-6-15-67)121-104(124-107)68-16-7-2-8-17-68)49-87(93)71-22-13-23-72(44-71)88-50-78(108-125-105(69-18-9-3-10-19-69)122-106(126-108)70-20-11-4-12-21-70)29-35-94(88)128-97-32-26-75(101-83(59-117)40-65(53-111)41-84(101)60-118)47-91(97)92-48-76(27-33-98(92)128)102-85(61-119)42-66(54-112)43-86(102)62-120/h1-50H. The molecule has 20 heteroatoms. The number of hydrogen-bond acceptors (Lipinski definition) is 18. The van der Waals surface area contributed by atoms with E-state index in [-0.39, 0.29) is 66.8 Å². The van der Waals surface area contributed by atoms with E-state index in [2.05, 4.69) is 88.0 Å². The highest BCUT2D eigenvalue weighted by Gasteiger charge is 2.28. The van der Waals surface area contributed by atoms with E-state index >= 15 is 0 Å². The SMILES string of the molecule is N#Cc1cc(C#N)c(-c2ccc3c(c2)c2cc(-c4c(C#N)cc(C#N)cc4C#N)ccc2n3-c2ccc(-c3nc(-c4ccccc4)nc(-c4ccccc4)n3)cc2-c2cccc(-c3cc(-c4nc(-c5ccccc5)nc(-c5ccccc5)n4)ccc3-n3c4ccc(-c5c(C#N)cc(C#N)cc5C#N)cc4c4cc(-c5c(C#N)cc(C#N)cc5C#N)ccc43)c2)c(C#N)c1. The minimum absolute atomic E-state index is 0.0910. The van der Waals surface area contributed by atoms with Crippen LogP contribution in [0.15, 0.2) is 303 Å². The molecule has 15 aromatic carbocycles. The van der Waals surface area contributed by atoms with Crippen molar-refractivity contribution in [3.63, 3.8) is 0 Å². The molecule has 128 heavy (non-hydrogen) atoms. The largest absolute Gasteiger partial charge is 0.309 e. The first-order valence-electron chi connectivity index (χ1n) is 39.7. The van der Waals surface area contributed by atoms with Gasteiger partial charge in [-0.1, -0.05) is 164 Å². The maximum Gasteiger partial charge on any atom is 0.164 e. The Hall–Kier alpha value is -20.2. The van der Waals surface area contributed by atoms with Crippen LogP contribution in [-0.2, 0) is 0 Å². The summed E-state index contributed by atoms with van der Waals surface area (Å²) in [5, 5.41) is 129. The number of nitriles is 12. The maximum atomic E-state index is 10.8. The summed E-state index contributed by atoms with van der Waals surface area (Å²) < 4.78 is 4.20. The van der Waals surface area contributed by atoms with Crippen molar-refractivity contribution >= 4 is 43.6 Å². The van der Waals surface area contributed by atoms with Crippen LogP contribution in [0.2, 0.25) is 0 Å². The molecule has 0 aliphatic carbocycles. The topological polar surface area (TPSA) is 373 Å². The second-order valence-electron chi connectivity index (χ2n) is 29.8. The van der Waals surface area contributed by atoms with Crippen LogP contribution in [0, 0.1) is 136 Å². The zero-order valence-corrected chi connectivity index (χ0v) is 66.8. The zero-order valence-electron chi connectivity index (χ0n) is 66.8. The number of rotatable bonds is 14. The minimum atomic E-state index is 0.0910. The Kier molecular flexibility index (Phi) is 19.7. The number of aromatic nitrogens is 8. The summed E-state index contributed by atoms with van der Waals surface area (Å²) in [6.45, 7) is 0. The molecule has 19 aromatic rings. The molecule has 0 aliphatic heterocycles. The Morgan fingerprint density at radius 2 is 0.383 bits per heavy atom. The van der Waals surface area contributed by atoms with Gasteiger partial charge in [-0.2, -0.15) is 63.1 Å². The summed E-state index contributed by atoms with van der Waals surface area (Å²) in [7, 11) is 0. The van der Waals surface area contributed by atoms with Crippen molar-refractivity contribution < 1.29 is 0 Å². The quantitative estimate of drug-likeness (QED) is 0.0975. The molecule has 0 aliphatic rings. The molecule has 0 fully saturated rings. The van der Waals surface area contributed by atoms with E-state index in [1.807, 2.05) is 249 Å². The number of benzene rings is 15. The smallest absolute Gasteiger partial charge is 0.164 e. The highest BCUT2D eigenvalue weighted by Crippen LogP contribution is 2.48. The van der Waals surface area contributed by atoms with Crippen molar-refractivity contribution in [2.45, 2.75) is 0 Å². The summed E-state index contributed by atoms with van der Waals surface area (Å²) >= 11 is 0. The van der Waals surface area contributed by atoms with Crippen LogP contribution >= 0.6 is 0 Å². The number of nitrogens with zero attached hydrogens (tertiary/aromatic N) is 20. The van der Waals surface area contributed by atoms with Gasteiger partial charge in [0.1, 0.15) is 0 Å². The van der Waals surface area contributed by atoms with Gasteiger partial charge in [-0.25, -0.2) is 29.9 Å². The van der Waals surface area contributed by atoms with Crippen LogP contribution in [0.1, 0.15) is 66.8 Å². The van der Waals surface area contributed by atoms with Crippen LogP contribution in [-0.4, -0.2) is 39.0 Å². The van der Waals surface area contributed by atoms with E-state index in [0.29, 0.717) is 168 Å². The molecule has 0 bridgehead atoms. The number of hydrogen-bond donors (Lipinski definition) is 0. The second-order valence-corrected chi connectivity index (χ2v) is 29.8. The van der Waals surface area contributed by atoms with E-state index < -0.39 is 0 Å². The second kappa shape index (κ2) is 32.5. The summed E-state index contributed by atoms with van der Waals surface area (Å²) in [6.07, 6.45) is 0. The first-order valence-corrected chi connectivity index (χ1v) is 39.7. The van der Waals surface area contributed by atoms with E-state index in [1.165, 1.54) is 48.5 Å². The lowest BCUT2D eigenvalue weighted by atomic mass is 9.91. The van der Waals surface area contributed by atoms with Gasteiger partial charge >= 0.3 is 0 Å². The molecular weight excluding hydrogens is 1580 g/mol. The average Bonchev–Trinajstić information content (AvgIpc) is 1.52. The van der Waals surface area contributed by atoms with E-state index in [1.54, 1.807) is 0 Å². The summed E-state index contributed by atoms with van der Waals surface area (Å²) in [4.78, 5) is 31.2. The molecule has 4 heterocycles. The molecule has 19 rings (SSSR count). The molecular formula is C108H50N20. The average molecular weight is 1630 g/mol. The highest BCUT2D eigenvalue weighted by atomic mass is 15.1. The van der Waals surface area contributed by atoms with E-state index in [0.717, 1.165) is 22.3 Å². The van der Waals surface area contributed by atoms with Gasteiger partial charge < -0.3 is 9.13 Å². The lowest BCUT2D eigenvalue weighted by Crippen LogP contribution is -2.03. The Balaban J connectivity index is 0.913. The number of fused-ring (bicyclic) bond motifs is 6. The molecule has 0 amide bonds. The fraction of sp³-hybridized carbons (Fsp3) is 0. The van der Waals surface area contributed by atoms with Gasteiger partial charge in [-0.15, -0.1) is 0 Å². The van der Waals surface area contributed by atoms with Gasteiger partial charge in [0.2, 0.25) is 0 Å². The normalized spacial score (nSPS) is 10.7. The van der Waals surface area contributed by atoms with Crippen molar-refractivity contribution in [1.29, 1.82) is 63.1 Å². The predicted octanol–water partition coefficient (Wildman–Crippen LogP) is 22.7. The van der Waals surface area contributed by atoms with Crippen LogP contribution in [0.3, 0.4) is 0 Å². The molecule has 0 radical (unpaired) electrons. The molecule has 0 N–H and O–H groups in total. The molecule has 582 valence electrons. The van der Waals surface area contributed by atoms with Gasteiger partial charge in [-0.05, 0) is 173 Å². The van der Waals surface area contributed by atoms with Gasteiger partial charge in [0, 0.05) is 88.3 Å². The van der Waals surface area contributed by atoms with Crippen molar-refractivity contribution in [3.05, 3.63) is 370 Å². The van der Waals surface area contributed by atoms with Gasteiger partial charge in [0.05, 0.1) is 173 Å². The third kappa shape index (κ3) is 13.6. The van der Waals surface area contributed by atoms with Crippen LogP contribution < -0.4 is 0 Å². The molecule has 0 saturated heterocycles. The lowest BCUT2D eigenvalue weighted by molar-refractivity contribution is 1.07. The third-order valence-electron chi connectivity index (χ3n) is 22.6. The maximum absolute atomic E-state index is 10.8. The van der Waals surface area contributed by atoms with Crippen molar-refractivity contribution in [1.82, 2.24) is 39.0 Å². The highest BCUT2D eigenvalue weighted by molar-refractivity contribution is 6.15. The van der Waals surface area contributed by atoms with Gasteiger partial charge in [0.15, 0.2) is 34.9 Å². The van der Waals surface area contributed by atoms with Gasteiger partial charge in [-0.3, -0.25) is 0 Å². The zero-order chi connectivity index (χ0) is 87.8. The van der Waals surface area contributed by atoms with Crippen molar-refractivity contribution in [2.75, 3.05) is 0 Å².